The van der Waals surface area contributed by atoms with Gasteiger partial charge in [-0.05, 0) is 26.7 Å². The van der Waals surface area contributed by atoms with Gasteiger partial charge in [0.05, 0.1) is 12.0 Å². The van der Waals surface area contributed by atoms with Crippen LogP contribution in [0.25, 0.3) is 0 Å². The standard InChI is InChI=1S/C10H18O3/c1-4-7(3)6-8(10(12)13)9(11)5-2/h4,8-9,11H,5-6H2,1-3H3,(H,12,13)/b7-4+/t8-,9-/m1/s1. The number of aliphatic carboxylic acids is 1. The van der Waals surface area contributed by atoms with Crippen molar-refractivity contribution in [3.63, 3.8) is 0 Å². The van der Waals surface area contributed by atoms with Crippen LogP contribution in [0.5, 0.6) is 0 Å². The van der Waals surface area contributed by atoms with Crippen molar-refractivity contribution in [3.05, 3.63) is 11.6 Å². The molecule has 0 fully saturated rings. The molecule has 0 heterocycles. The van der Waals surface area contributed by atoms with Gasteiger partial charge in [-0.2, -0.15) is 0 Å². The van der Waals surface area contributed by atoms with Gasteiger partial charge >= 0.3 is 5.97 Å². The summed E-state index contributed by atoms with van der Waals surface area (Å²) in [5.41, 5.74) is 1.000. The minimum Gasteiger partial charge on any atom is -0.481 e. The highest BCUT2D eigenvalue weighted by Gasteiger charge is 2.24. The Labute approximate surface area is 79.1 Å². The van der Waals surface area contributed by atoms with Gasteiger partial charge in [-0.3, -0.25) is 4.79 Å². The number of rotatable bonds is 5. The van der Waals surface area contributed by atoms with Crippen molar-refractivity contribution >= 4 is 5.97 Å². The molecule has 0 aliphatic heterocycles. The lowest BCUT2D eigenvalue weighted by molar-refractivity contribution is -0.145. The van der Waals surface area contributed by atoms with Crippen LogP contribution in [0.2, 0.25) is 0 Å². The molecule has 0 spiro atoms. The van der Waals surface area contributed by atoms with E-state index >= 15 is 0 Å². The molecule has 0 unspecified atom stereocenters. The molecule has 3 nitrogen and oxygen atoms in total. The van der Waals surface area contributed by atoms with E-state index in [0.29, 0.717) is 12.8 Å². The molecule has 3 heteroatoms. The fraction of sp³-hybridized carbons (Fsp3) is 0.700. The molecule has 0 rings (SSSR count). The van der Waals surface area contributed by atoms with Crippen LogP contribution < -0.4 is 0 Å². The van der Waals surface area contributed by atoms with E-state index in [0.717, 1.165) is 5.57 Å². The number of hydrogen-bond acceptors (Lipinski definition) is 2. The predicted octanol–water partition coefficient (Wildman–Crippen LogP) is 1.81. The van der Waals surface area contributed by atoms with E-state index in [4.69, 9.17) is 5.11 Å². The third kappa shape index (κ3) is 4.08. The molecule has 0 aromatic carbocycles. The Morgan fingerprint density at radius 3 is 2.38 bits per heavy atom. The third-order valence-corrected chi connectivity index (χ3v) is 2.23. The van der Waals surface area contributed by atoms with Gasteiger partial charge in [-0.25, -0.2) is 0 Å². The minimum atomic E-state index is -0.921. The fourth-order valence-corrected chi connectivity index (χ4v) is 1.14. The Balaban J connectivity index is 4.35. The summed E-state index contributed by atoms with van der Waals surface area (Å²) in [6, 6.07) is 0. The molecule has 13 heavy (non-hydrogen) atoms. The number of carboxylic acid groups (broad SMARTS) is 1. The molecular formula is C10H18O3. The molecular weight excluding hydrogens is 168 g/mol. The summed E-state index contributed by atoms with van der Waals surface area (Å²) in [5.74, 6) is -1.59. The zero-order valence-corrected chi connectivity index (χ0v) is 8.45. The van der Waals surface area contributed by atoms with Gasteiger partial charge in [0.2, 0.25) is 0 Å². The summed E-state index contributed by atoms with van der Waals surface area (Å²) in [7, 11) is 0. The van der Waals surface area contributed by atoms with Crippen LogP contribution in [0.3, 0.4) is 0 Å². The van der Waals surface area contributed by atoms with E-state index in [1.54, 1.807) is 6.92 Å². The zero-order chi connectivity index (χ0) is 10.4. The summed E-state index contributed by atoms with van der Waals surface area (Å²) >= 11 is 0. The van der Waals surface area contributed by atoms with Crippen molar-refractivity contribution in [2.45, 2.75) is 39.7 Å². The second kappa shape index (κ2) is 5.75. The van der Waals surface area contributed by atoms with E-state index in [1.165, 1.54) is 0 Å². The minimum absolute atomic E-state index is 0.431. The van der Waals surface area contributed by atoms with Crippen LogP contribution in [0.15, 0.2) is 11.6 Å². The number of aliphatic hydroxyl groups is 1. The van der Waals surface area contributed by atoms with Crippen molar-refractivity contribution in [3.8, 4) is 0 Å². The van der Waals surface area contributed by atoms with E-state index in [1.807, 2.05) is 19.9 Å². The lowest BCUT2D eigenvalue weighted by atomic mass is 9.93. The largest absolute Gasteiger partial charge is 0.481 e. The Morgan fingerprint density at radius 1 is 1.54 bits per heavy atom. The third-order valence-electron chi connectivity index (χ3n) is 2.23. The van der Waals surface area contributed by atoms with Crippen LogP contribution >= 0.6 is 0 Å². The highest BCUT2D eigenvalue weighted by molar-refractivity contribution is 5.71. The van der Waals surface area contributed by atoms with Crippen LogP contribution in [0.4, 0.5) is 0 Å². The summed E-state index contributed by atoms with van der Waals surface area (Å²) in [6.07, 6.45) is 2.04. The van der Waals surface area contributed by atoms with Gasteiger partial charge < -0.3 is 10.2 Å². The molecule has 2 atom stereocenters. The molecule has 2 N–H and O–H groups in total. The van der Waals surface area contributed by atoms with Gasteiger partial charge in [0.25, 0.3) is 0 Å². The smallest absolute Gasteiger partial charge is 0.309 e. The van der Waals surface area contributed by atoms with Crippen molar-refractivity contribution < 1.29 is 15.0 Å². The highest BCUT2D eigenvalue weighted by atomic mass is 16.4. The summed E-state index contributed by atoms with van der Waals surface area (Å²) in [6.45, 7) is 5.52. The number of allylic oxidation sites excluding steroid dienone is 2. The number of carboxylic acids is 1. The molecule has 0 saturated heterocycles. The maximum absolute atomic E-state index is 10.8. The van der Waals surface area contributed by atoms with Gasteiger partial charge in [0.1, 0.15) is 0 Å². The Kier molecular flexibility index (Phi) is 5.39. The van der Waals surface area contributed by atoms with Gasteiger partial charge in [-0.1, -0.05) is 18.6 Å². The molecule has 0 aromatic rings. The quantitative estimate of drug-likeness (QED) is 0.644. The average molecular weight is 186 g/mol. The van der Waals surface area contributed by atoms with E-state index in [2.05, 4.69) is 0 Å². The lowest BCUT2D eigenvalue weighted by Gasteiger charge is -2.17. The fourth-order valence-electron chi connectivity index (χ4n) is 1.14. The van der Waals surface area contributed by atoms with Crippen LogP contribution in [0, 0.1) is 5.92 Å². The number of carbonyl (C=O) groups is 1. The van der Waals surface area contributed by atoms with E-state index in [-0.39, 0.29) is 0 Å². The molecule has 0 radical (unpaired) electrons. The topological polar surface area (TPSA) is 57.5 Å². The molecule has 0 aliphatic rings. The first-order valence-electron chi connectivity index (χ1n) is 4.55. The maximum Gasteiger partial charge on any atom is 0.309 e. The first-order chi connectivity index (χ1) is 6.02. The Bertz CT molecular complexity index is 196. The monoisotopic (exact) mass is 186 g/mol. The van der Waals surface area contributed by atoms with E-state index < -0.39 is 18.0 Å². The predicted molar refractivity (Wildman–Crippen MR) is 51.5 cm³/mol. The summed E-state index contributed by atoms with van der Waals surface area (Å²) < 4.78 is 0. The van der Waals surface area contributed by atoms with Crippen molar-refractivity contribution in [2.24, 2.45) is 5.92 Å². The first kappa shape index (κ1) is 12.2. The van der Waals surface area contributed by atoms with Crippen LogP contribution in [-0.2, 0) is 4.79 Å². The van der Waals surface area contributed by atoms with Crippen LogP contribution in [-0.4, -0.2) is 22.3 Å². The van der Waals surface area contributed by atoms with Crippen molar-refractivity contribution in [1.29, 1.82) is 0 Å². The summed E-state index contributed by atoms with van der Waals surface area (Å²) in [4.78, 5) is 10.8. The average Bonchev–Trinajstić information content (AvgIpc) is 2.11. The molecule has 76 valence electrons. The molecule has 0 amide bonds. The van der Waals surface area contributed by atoms with Crippen LogP contribution in [0.1, 0.15) is 33.6 Å². The van der Waals surface area contributed by atoms with Crippen molar-refractivity contribution in [1.82, 2.24) is 0 Å². The number of aliphatic hydroxyl groups excluding tert-OH is 1. The van der Waals surface area contributed by atoms with Gasteiger partial charge in [0.15, 0.2) is 0 Å². The Morgan fingerprint density at radius 2 is 2.08 bits per heavy atom. The zero-order valence-electron chi connectivity index (χ0n) is 8.45. The number of hydrogen-bond donors (Lipinski definition) is 2. The molecule has 0 aromatic heterocycles. The SMILES string of the molecule is C/C=C(\C)C[C@@H](C(=O)O)[C@H](O)CC. The van der Waals surface area contributed by atoms with Gasteiger partial charge in [-0.15, -0.1) is 0 Å². The molecule has 0 aliphatic carbocycles. The highest BCUT2D eigenvalue weighted by Crippen LogP contribution is 2.17. The van der Waals surface area contributed by atoms with E-state index in [9.17, 15) is 9.90 Å². The van der Waals surface area contributed by atoms with Gasteiger partial charge in [0, 0.05) is 0 Å². The first-order valence-corrected chi connectivity index (χ1v) is 4.55. The normalized spacial score (nSPS) is 16.8. The second-order valence-corrected chi connectivity index (χ2v) is 3.26. The second-order valence-electron chi connectivity index (χ2n) is 3.26. The molecule has 0 saturated carbocycles. The summed E-state index contributed by atoms with van der Waals surface area (Å²) in [5, 5.41) is 18.3. The lowest BCUT2D eigenvalue weighted by Crippen LogP contribution is -2.27. The van der Waals surface area contributed by atoms with Crippen molar-refractivity contribution in [2.75, 3.05) is 0 Å². The molecule has 0 bridgehead atoms. The Hall–Kier alpha value is -0.830. The maximum atomic E-state index is 10.8.